The van der Waals surface area contributed by atoms with Gasteiger partial charge in [-0.25, -0.2) is 0 Å². The van der Waals surface area contributed by atoms with E-state index in [1.165, 1.54) is 0 Å². The van der Waals surface area contributed by atoms with Gasteiger partial charge in [-0.15, -0.1) is 0 Å². The summed E-state index contributed by atoms with van der Waals surface area (Å²) in [5.74, 6) is 0.274. The maximum absolute atomic E-state index is 9.02. The minimum atomic E-state index is 0.274. The third kappa shape index (κ3) is 3.15. The summed E-state index contributed by atoms with van der Waals surface area (Å²) in [5.41, 5.74) is 1.84. The number of benzene rings is 1. The summed E-state index contributed by atoms with van der Waals surface area (Å²) in [6.45, 7) is 1.78. The molecule has 0 unspecified atom stereocenters. The lowest BCUT2D eigenvalue weighted by Crippen LogP contribution is -1.94. The first-order chi connectivity index (χ1) is 6.22. The lowest BCUT2D eigenvalue weighted by molar-refractivity contribution is 0.317. The van der Waals surface area contributed by atoms with E-state index >= 15 is 0 Å². The van der Waals surface area contributed by atoms with E-state index in [1.54, 1.807) is 19.1 Å². The summed E-state index contributed by atoms with van der Waals surface area (Å²) in [6.07, 6.45) is 1.57. The second-order valence-corrected chi connectivity index (χ2v) is 3.00. The number of phenols is 1. The Morgan fingerprint density at radius 3 is 2.46 bits per heavy atom. The first-order valence-corrected chi connectivity index (χ1v) is 4.18. The van der Waals surface area contributed by atoms with E-state index in [2.05, 4.69) is 5.16 Å². The normalized spacial score (nSPS) is 11.6. The van der Waals surface area contributed by atoms with Crippen molar-refractivity contribution in [3.63, 3.8) is 0 Å². The molecule has 0 heterocycles. The van der Waals surface area contributed by atoms with Crippen LogP contribution in [0.15, 0.2) is 29.4 Å². The van der Waals surface area contributed by atoms with Crippen molar-refractivity contribution in [2.45, 2.75) is 19.8 Å². The van der Waals surface area contributed by atoms with Crippen molar-refractivity contribution in [2.75, 3.05) is 0 Å². The number of hydrogen-bond acceptors (Lipinski definition) is 3. The Bertz CT molecular complexity index is 290. The third-order valence-electron chi connectivity index (χ3n) is 1.88. The van der Waals surface area contributed by atoms with E-state index in [9.17, 15) is 0 Å². The standard InChI is InChI=1S/C10H13NO2/c1-8(11-13)2-3-9-4-6-10(12)7-5-9/h4-7,12-13H,2-3H2,1H3/b11-8+. The molecule has 3 nitrogen and oxygen atoms in total. The molecule has 0 aliphatic rings. The monoisotopic (exact) mass is 179 g/mol. The zero-order chi connectivity index (χ0) is 9.68. The summed E-state index contributed by atoms with van der Waals surface area (Å²) in [7, 11) is 0. The largest absolute Gasteiger partial charge is 0.508 e. The third-order valence-corrected chi connectivity index (χ3v) is 1.88. The highest BCUT2D eigenvalue weighted by molar-refractivity contribution is 5.81. The number of hydrogen-bond donors (Lipinski definition) is 2. The number of rotatable bonds is 3. The van der Waals surface area contributed by atoms with Crippen molar-refractivity contribution in [1.82, 2.24) is 0 Å². The lowest BCUT2D eigenvalue weighted by Gasteiger charge is -1.99. The molecule has 2 N–H and O–H groups in total. The zero-order valence-corrected chi connectivity index (χ0v) is 7.57. The molecule has 1 aromatic carbocycles. The van der Waals surface area contributed by atoms with E-state index in [0.29, 0.717) is 5.71 Å². The summed E-state index contributed by atoms with van der Waals surface area (Å²) < 4.78 is 0. The average molecular weight is 179 g/mol. The van der Waals surface area contributed by atoms with Crippen LogP contribution in [0.3, 0.4) is 0 Å². The molecular weight excluding hydrogens is 166 g/mol. The molecule has 0 aromatic heterocycles. The highest BCUT2D eigenvalue weighted by Gasteiger charge is 1.95. The minimum Gasteiger partial charge on any atom is -0.508 e. The number of aromatic hydroxyl groups is 1. The van der Waals surface area contributed by atoms with Gasteiger partial charge >= 0.3 is 0 Å². The number of aryl methyl sites for hydroxylation is 1. The molecule has 0 atom stereocenters. The van der Waals surface area contributed by atoms with E-state index in [-0.39, 0.29) is 5.75 Å². The summed E-state index contributed by atoms with van der Waals surface area (Å²) in [5, 5.41) is 20.5. The van der Waals surface area contributed by atoms with Gasteiger partial charge < -0.3 is 10.3 Å². The molecule has 0 aliphatic heterocycles. The first-order valence-electron chi connectivity index (χ1n) is 4.18. The second kappa shape index (κ2) is 4.50. The van der Waals surface area contributed by atoms with Gasteiger partial charge in [0.05, 0.1) is 5.71 Å². The maximum Gasteiger partial charge on any atom is 0.115 e. The van der Waals surface area contributed by atoms with Gasteiger partial charge in [0, 0.05) is 0 Å². The van der Waals surface area contributed by atoms with Crippen LogP contribution >= 0.6 is 0 Å². The molecule has 1 aromatic rings. The quantitative estimate of drug-likeness (QED) is 0.424. The minimum absolute atomic E-state index is 0.274. The fourth-order valence-electron chi connectivity index (χ4n) is 1.04. The maximum atomic E-state index is 9.02. The molecule has 3 heteroatoms. The smallest absolute Gasteiger partial charge is 0.115 e. The first kappa shape index (κ1) is 9.58. The topological polar surface area (TPSA) is 52.8 Å². The molecule has 1 rings (SSSR count). The van der Waals surface area contributed by atoms with Gasteiger partial charge in [0.25, 0.3) is 0 Å². The molecule has 0 radical (unpaired) electrons. The van der Waals surface area contributed by atoms with Crippen molar-refractivity contribution in [3.8, 4) is 5.75 Å². The molecule has 0 amide bonds. The van der Waals surface area contributed by atoms with Crippen LogP contribution in [0.25, 0.3) is 0 Å². The van der Waals surface area contributed by atoms with Gasteiger partial charge in [-0.3, -0.25) is 0 Å². The SMILES string of the molecule is C/C(CCc1ccc(O)cc1)=N\O. The van der Waals surface area contributed by atoms with E-state index in [0.717, 1.165) is 18.4 Å². The van der Waals surface area contributed by atoms with Gasteiger partial charge in [-0.1, -0.05) is 17.3 Å². The molecule has 0 spiro atoms. The Morgan fingerprint density at radius 1 is 1.31 bits per heavy atom. The Kier molecular flexibility index (Phi) is 3.31. The predicted molar refractivity (Wildman–Crippen MR) is 51.3 cm³/mol. The second-order valence-electron chi connectivity index (χ2n) is 3.00. The highest BCUT2D eigenvalue weighted by atomic mass is 16.4. The van der Waals surface area contributed by atoms with Crippen LogP contribution in [0.2, 0.25) is 0 Å². The zero-order valence-electron chi connectivity index (χ0n) is 7.57. The van der Waals surface area contributed by atoms with Gasteiger partial charge in [-0.2, -0.15) is 0 Å². The summed E-state index contributed by atoms with van der Waals surface area (Å²) in [4.78, 5) is 0. The Balaban J connectivity index is 2.51. The van der Waals surface area contributed by atoms with Crippen molar-refractivity contribution in [1.29, 1.82) is 0 Å². The van der Waals surface area contributed by atoms with Crippen LogP contribution in [0.1, 0.15) is 18.9 Å². The van der Waals surface area contributed by atoms with Gasteiger partial charge in [0.15, 0.2) is 0 Å². The summed E-state index contributed by atoms with van der Waals surface area (Å²) >= 11 is 0. The molecule has 0 aliphatic carbocycles. The molecule has 0 fully saturated rings. The number of phenolic OH excluding ortho intramolecular Hbond substituents is 1. The fraction of sp³-hybridized carbons (Fsp3) is 0.300. The molecule has 13 heavy (non-hydrogen) atoms. The highest BCUT2D eigenvalue weighted by Crippen LogP contribution is 2.11. The predicted octanol–water partition coefficient (Wildman–Crippen LogP) is 2.17. The van der Waals surface area contributed by atoms with Crippen LogP contribution in [0.4, 0.5) is 0 Å². The van der Waals surface area contributed by atoms with E-state index in [1.807, 2.05) is 12.1 Å². The molecule has 0 saturated heterocycles. The molecule has 70 valence electrons. The van der Waals surface area contributed by atoms with Crippen molar-refractivity contribution < 1.29 is 10.3 Å². The summed E-state index contributed by atoms with van der Waals surface area (Å²) in [6, 6.07) is 7.03. The number of nitrogens with zero attached hydrogens (tertiary/aromatic N) is 1. The van der Waals surface area contributed by atoms with Gasteiger partial charge in [-0.05, 0) is 37.5 Å². The van der Waals surface area contributed by atoms with Gasteiger partial charge in [0.2, 0.25) is 0 Å². The lowest BCUT2D eigenvalue weighted by atomic mass is 10.1. The van der Waals surface area contributed by atoms with Crippen molar-refractivity contribution in [3.05, 3.63) is 29.8 Å². The van der Waals surface area contributed by atoms with Crippen LogP contribution in [0.5, 0.6) is 5.75 Å². The fourth-order valence-corrected chi connectivity index (χ4v) is 1.04. The Labute approximate surface area is 77.3 Å². The van der Waals surface area contributed by atoms with Gasteiger partial charge in [0.1, 0.15) is 5.75 Å². The van der Waals surface area contributed by atoms with E-state index in [4.69, 9.17) is 10.3 Å². The van der Waals surface area contributed by atoms with Crippen LogP contribution in [0, 0.1) is 0 Å². The van der Waals surface area contributed by atoms with Crippen LogP contribution in [-0.4, -0.2) is 16.0 Å². The van der Waals surface area contributed by atoms with Crippen molar-refractivity contribution in [2.24, 2.45) is 5.16 Å². The molecule has 0 saturated carbocycles. The van der Waals surface area contributed by atoms with E-state index < -0.39 is 0 Å². The Morgan fingerprint density at radius 2 is 1.92 bits per heavy atom. The molecular formula is C10H13NO2. The molecule has 0 bridgehead atoms. The van der Waals surface area contributed by atoms with Crippen LogP contribution < -0.4 is 0 Å². The van der Waals surface area contributed by atoms with Crippen molar-refractivity contribution >= 4 is 5.71 Å². The average Bonchev–Trinajstić information content (AvgIpc) is 2.16. The number of oxime groups is 1. The van der Waals surface area contributed by atoms with Crippen LogP contribution in [-0.2, 0) is 6.42 Å². The Hall–Kier alpha value is -1.51.